The van der Waals surface area contributed by atoms with E-state index >= 15 is 0 Å². The number of pyridine rings is 1. The number of rotatable bonds is 3. The Labute approximate surface area is 93.8 Å². The van der Waals surface area contributed by atoms with Gasteiger partial charge in [-0.25, -0.2) is 0 Å². The maximum Gasteiger partial charge on any atom is 0.270 e. The molecule has 0 saturated heterocycles. The lowest BCUT2D eigenvalue weighted by Gasteiger charge is -2.11. The van der Waals surface area contributed by atoms with E-state index in [1.807, 2.05) is 6.92 Å². The molecule has 1 aromatic rings. The zero-order valence-electron chi connectivity index (χ0n) is 8.53. The molecule has 1 unspecified atom stereocenters. The molecule has 1 heterocycles. The Bertz CT molecular complexity index is 377. The number of hydrogen-bond acceptors (Lipinski definition) is 2. The SMILES string of the molecule is CC(NC(=O)c1cc(Cl)ccn1)C1CC1. The van der Waals surface area contributed by atoms with Crippen LogP contribution in [0.2, 0.25) is 5.02 Å². The van der Waals surface area contributed by atoms with E-state index in [-0.39, 0.29) is 11.9 Å². The second kappa shape index (κ2) is 4.19. The minimum atomic E-state index is -0.142. The zero-order valence-corrected chi connectivity index (χ0v) is 9.29. The van der Waals surface area contributed by atoms with Gasteiger partial charge in [0.25, 0.3) is 5.91 Å². The fourth-order valence-electron chi connectivity index (χ4n) is 1.52. The zero-order chi connectivity index (χ0) is 10.8. The lowest BCUT2D eigenvalue weighted by atomic mass is 10.2. The van der Waals surface area contributed by atoms with Gasteiger partial charge in [-0.1, -0.05) is 11.6 Å². The molecule has 80 valence electrons. The van der Waals surface area contributed by atoms with Gasteiger partial charge in [-0.3, -0.25) is 9.78 Å². The quantitative estimate of drug-likeness (QED) is 0.856. The fraction of sp³-hybridized carbons (Fsp3) is 0.455. The molecule has 1 amide bonds. The molecule has 0 radical (unpaired) electrons. The van der Waals surface area contributed by atoms with E-state index in [0.29, 0.717) is 16.6 Å². The summed E-state index contributed by atoms with van der Waals surface area (Å²) in [4.78, 5) is 15.7. The van der Waals surface area contributed by atoms with Gasteiger partial charge >= 0.3 is 0 Å². The van der Waals surface area contributed by atoms with Crippen LogP contribution in [0.25, 0.3) is 0 Å². The molecule has 1 aliphatic rings. The first-order valence-corrected chi connectivity index (χ1v) is 5.47. The molecule has 3 nitrogen and oxygen atoms in total. The summed E-state index contributed by atoms with van der Waals surface area (Å²) in [5, 5.41) is 3.46. The van der Waals surface area contributed by atoms with Crippen LogP contribution < -0.4 is 5.32 Å². The number of carbonyl (C=O) groups excluding carboxylic acids is 1. The van der Waals surface area contributed by atoms with Crippen molar-refractivity contribution in [2.45, 2.75) is 25.8 Å². The minimum absolute atomic E-state index is 0.142. The highest BCUT2D eigenvalue weighted by molar-refractivity contribution is 6.30. The molecular weight excluding hydrogens is 212 g/mol. The molecule has 0 spiro atoms. The van der Waals surface area contributed by atoms with Gasteiger partial charge in [0.05, 0.1) is 0 Å². The molecule has 1 saturated carbocycles. The van der Waals surface area contributed by atoms with Crippen LogP contribution in [0.5, 0.6) is 0 Å². The highest BCUT2D eigenvalue weighted by Gasteiger charge is 2.29. The standard InChI is InChI=1S/C11H13ClN2O/c1-7(8-2-3-8)14-11(15)10-6-9(12)4-5-13-10/h4-8H,2-3H2,1H3,(H,14,15). The topological polar surface area (TPSA) is 42.0 Å². The van der Waals surface area contributed by atoms with Crippen molar-refractivity contribution in [3.05, 3.63) is 29.0 Å². The molecule has 1 fully saturated rings. The molecule has 1 aliphatic carbocycles. The molecule has 0 aromatic carbocycles. The van der Waals surface area contributed by atoms with Crippen LogP contribution in [0.4, 0.5) is 0 Å². The van der Waals surface area contributed by atoms with Crippen LogP contribution in [0, 0.1) is 5.92 Å². The highest BCUT2D eigenvalue weighted by atomic mass is 35.5. The summed E-state index contributed by atoms with van der Waals surface area (Å²) in [6.07, 6.45) is 3.97. The third kappa shape index (κ3) is 2.69. The van der Waals surface area contributed by atoms with Crippen molar-refractivity contribution < 1.29 is 4.79 Å². The van der Waals surface area contributed by atoms with E-state index in [9.17, 15) is 4.79 Å². The Hall–Kier alpha value is -1.09. The summed E-state index contributed by atoms with van der Waals surface area (Å²) in [6.45, 7) is 2.03. The van der Waals surface area contributed by atoms with E-state index in [4.69, 9.17) is 11.6 Å². The maximum absolute atomic E-state index is 11.7. The lowest BCUT2D eigenvalue weighted by Crippen LogP contribution is -2.34. The second-order valence-electron chi connectivity index (χ2n) is 3.96. The first-order valence-electron chi connectivity index (χ1n) is 5.09. The van der Waals surface area contributed by atoms with Crippen molar-refractivity contribution in [3.63, 3.8) is 0 Å². The molecule has 15 heavy (non-hydrogen) atoms. The molecule has 0 aliphatic heterocycles. The fourth-order valence-corrected chi connectivity index (χ4v) is 1.68. The number of carbonyl (C=O) groups is 1. The smallest absolute Gasteiger partial charge is 0.270 e. The molecule has 1 atom stereocenters. The first-order chi connectivity index (χ1) is 7.16. The summed E-state index contributed by atoms with van der Waals surface area (Å²) < 4.78 is 0. The molecule has 0 bridgehead atoms. The predicted octanol–water partition coefficient (Wildman–Crippen LogP) is 2.26. The van der Waals surface area contributed by atoms with Crippen molar-refractivity contribution >= 4 is 17.5 Å². The summed E-state index contributed by atoms with van der Waals surface area (Å²) in [7, 11) is 0. The third-order valence-electron chi connectivity index (χ3n) is 2.64. The average molecular weight is 225 g/mol. The Morgan fingerprint density at radius 2 is 2.40 bits per heavy atom. The summed E-state index contributed by atoms with van der Waals surface area (Å²) in [6, 6.07) is 3.47. The Balaban J connectivity index is 2.00. The molecule has 4 heteroatoms. The van der Waals surface area contributed by atoms with Gasteiger partial charge < -0.3 is 5.32 Å². The third-order valence-corrected chi connectivity index (χ3v) is 2.88. The van der Waals surface area contributed by atoms with Gasteiger partial charge in [0.2, 0.25) is 0 Å². The van der Waals surface area contributed by atoms with E-state index in [0.717, 1.165) is 0 Å². The first kappa shape index (κ1) is 10.4. The van der Waals surface area contributed by atoms with E-state index in [1.165, 1.54) is 12.8 Å². The van der Waals surface area contributed by atoms with Crippen LogP contribution in [0.15, 0.2) is 18.3 Å². The summed E-state index contributed by atoms with van der Waals surface area (Å²) in [5.41, 5.74) is 0.384. The number of halogens is 1. The van der Waals surface area contributed by atoms with Gasteiger partial charge in [0.1, 0.15) is 5.69 Å². The van der Waals surface area contributed by atoms with Gasteiger partial charge in [-0.15, -0.1) is 0 Å². The van der Waals surface area contributed by atoms with E-state index in [2.05, 4.69) is 10.3 Å². The normalized spacial score (nSPS) is 17.2. The van der Waals surface area contributed by atoms with Gasteiger partial charge in [0.15, 0.2) is 0 Å². The Kier molecular flexibility index (Phi) is 2.91. The van der Waals surface area contributed by atoms with Crippen LogP contribution in [-0.2, 0) is 0 Å². The monoisotopic (exact) mass is 224 g/mol. The number of amides is 1. The molecule has 1 aromatic heterocycles. The van der Waals surface area contributed by atoms with Crippen LogP contribution >= 0.6 is 11.6 Å². The molecule has 2 rings (SSSR count). The maximum atomic E-state index is 11.7. The second-order valence-corrected chi connectivity index (χ2v) is 4.40. The van der Waals surface area contributed by atoms with Crippen molar-refractivity contribution in [2.75, 3.05) is 0 Å². The van der Waals surface area contributed by atoms with Crippen molar-refractivity contribution in [1.29, 1.82) is 0 Å². The van der Waals surface area contributed by atoms with Crippen LogP contribution in [-0.4, -0.2) is 16.9 Å². The van der Waals surface area contributed by atoms with Crippen LogP contribution in [0.3, 0.4) is 0 Å². The van der Waals surface area contributed by atoms with Gasteiger partial charge in [-0.05, 0) is 37.8 Å². The van der Waals surface area contributed by atoms with Crippen molar-refractivity contribution in [2.24, 2.45) is 5.92 Å². The van der Waals surface area contributed by atoms with E-state index < -0.39 is 0 Å². The van der Waals surface area contributed by atoms with Crippen molar-refractivity contribution in [1.82, 2.24) is 10.3 Å². The highest BCUT2D eigenvalue weighted by Crippen LogP contribution is 2.32. The summed E-state index contributed by atoms with van der Waals surface area (Å²) in [5.74, 6) is 0.505. The molecular formula is C11H13ClN2O. The van der Waals surface area contributed by atoms with Gasteiger partial charge in [0, 0.05) is 17.3 Å². The number of hydrogen-bond donors (Lipinski definition) is 1. The summed E-state index contributed by atoms with van der Waals surface area (Å²) >= 11 is 5.78. The van der Waals surface area contributed by atoms with Crippen molar-refractivity contribution in [3.8, 4) is 0 Å². The average Bonchev–Trinajstić information content (AvgIpc) is 3.00. The van der Waals surface area contributed by atoms with Gasteiger partial charge in [-0.2, -0.15) is 0 Å². The number of aromatic nitrogens is 1. The van der Waals surface area contributed by atoms with E-state index in [1.54, 1.807) is 18.3 Å². The van der Waals surface area contributed by atoms with Crippen LogP contribution in [0.1, 0.15) is 30.3 Å². The Morgan fingerprint density at radius 3 is 3.00 bits per heavy atom. The minimum Gasteiger partial charge on any atom is -0.348 e. The largest absolute Gasteiger partial charge is 0.348 e. The lowest BCUT2D eigenvalue weighted by molar-refractivity contribution is 0.0931. The Morgan fingerprint density at radius 1 is 1.67 bits per heavy atom. The molecule has 1 N–H and O–H groups in total. The predicted molar refractivity (Wildman–Crippen MR) is 58.9 cm³/mol. The number of nitrogens with one attached hydrogen (secondary N) is 1. The number of nitrogens with zero attached hydrogens (tertiary/aromatic N) is 1.